The molecule has 0 aliphatic carbocycles. The standard InChI is InChI=1S/C22H26N8O6S/c1-12-9-23-18(24-10-12)17(33-4)14(3)37(31,32)29-22-28-27-19(15-8-7-13(2)36-15)30(22)16-20(34-5)25-11-26-21(16)35-6/h7-11,14,17H,1-6H3,(H,28,29)/t14-,17-/m0/s1. The van der Waals surface area contributed by atoms with Crippen molar-refractivity contribution in [1.29, 1.82) is 0 Å². The Kier molecular flexibility index (Phi) is 7.35. The molecule has 2 atom stereocenters. The van der Waals surface area contributed by atoms with Gasteiger partial charge in [0.2, 0.25) is 33.6 Å². The van der Waals surface area contributed by atoms with Crippen LogP contribution >= 0.6 is 0 Å². The lowest BCUT2D eigenvalue weighted by atomic mass is 10.2. The van der Waals surface area contributed by atoms with E-state index >= 15 is 0 Å². The van der Waals surface area contributed by atoms with Crippen LogP contribution in [-0.2, 0) is 14.8 Å². The van der Waals surface area contributed by atoms with Gasteiger partial charge in [0, 0.05) is 19.5 Å². The number of aromatic nitrogens is 7. The van der Waals surface area contributed by atoms with Gasteiger partial charge in [-0.3, -0.25) is 4.72 Å². The Morgan fingerprint density at radius 1 is 0.973 bits per heavy atom. The van der Waals surface area contributed by atoms with Gasteiger partial charge in [0.25, 0.3) is 0 Å². The highest BCUT2D eigenvalue weighted by Gasteiger charge is 2.35. The molecule has 0 aromatic carbocycles. The molecule has 0 saturated heterocycles. The summed E-state index contributed by atoms with van der Waals surface area (Å²) in [5.74, 6) is 1.32. The summed E-state index contributed by atoms with van der Waals surface area (Å²) in [5, 5.41) is 7.13. The van der Waals surface area contributed by atoms with Gasteiger partial charge < -0.3 is 18.6 Å². The average Bonchev–Trinajstić information content (AvgIpc) is 3.50. The zero-order chi connectivity index (χ0) is 26.7. The number of methoxy groups -OCH3 is 3. The highest BCUT2D eigenvalue weighted by Crippen LogP contribution is 2.36. The van der Waals surface area contributed by atoms with Gasteiger partial charge in [0.1, 0.15) is 23.4 Å². The molecule has 0 saturated carbocycles. The predicted molar refractivity (Wildman–Crippen MR) is 131 cm³/mol. The molecule has 0 unspecified atom stereocenters. The van der Waals surface area contributed by atoms with Crippen LogP contribution in [0.15, 0.2) is 35.3 Å². The Morgan fingerprint density at radius 2 is 1.62 bits per heavy atom. The van der Waals surface area contributed by atoms with Crippen molar-refractivity contribution in [2.45, 2.75) is 32.1 Å². The van der Waals surface area contributed by atoms with Crippen molar-refractivity contribution in [3.05, 3.63) is 48.0 Å². The number of sulfonamides is 1. The number of rotatable bonds is 10. The molecule has 196 valence electrons. The van der Waals surface area contributed by atoms with E-state index in [9.17, 15) is 8.42 Å². The van der Waals surface area contributed by atoms with Gasteiger partial charge in [-0.15, -0.1) is 10.2 Å². The second-order valence-electron chi connectivity index (χ2n) is 7.96. The second-order valence-corrected chi connectivity index (χ2v) is 10.00. The van der Waals surface area contributed by atoms with Gasteiger partial charge in [-0.2, -0.15) is 9.97 Å². The molecule has 14 nitrogen and oxygen atoms in total. The van der Waals surface area contributed by atoms with Crippen molar-refractivity contribution < 1.29 is 27.0 Å². The number of hydrogen-bond acceptors (Lipinski definition) is 12. The quantitative estimate of drug-likeness (QED) is 0.318. The van der Waals surface area contributed by atoms with Crippen LogP contribution in [0.2, 0.25) is 0 Å². The second kappa shape index (κ2) is 10.5. The Morgan fingerprint density at radius 3 is 2.16 bits per heavy atom. The van der Waals surface area contributed by atoms with E-state index in [1.54, 1.807) is 31.5 Å². The summed E-state index contributed by atoms with van der Waals surface area (Å²) in [5.41, 5.74) is 0.992. The fourth-order valence-corrected chi connectivity index (χ4v) is 4.68. The monoisotopic (exact) mass is 530 g/mol. The zero-order valence-corrected chi connectivity index (χ0v) is 21.8. The van der Waals surface area contributed by atoms with E-state index in [0.717, 1.165) is 5.56 Å². The first-order valence-electron chi connectivity index (χ1n) is 11.0. The molecule has 0 spiro atoms. The Hall–Kier alpha value is -4.11. The number of hydrogen-bond donors (Lipinski definition) is 1. The Bertz CT molecular complexity index is 1460. The SMILES string of the molecule is COc1ncnc(OC)c1-n1c(NS(=O)(=O)[C@@H](C)[C@H](OC)c2ncc(C)cn2)nnc1-c1ccc(C)o1. The van der Waals surface area contributed by atoms with E-state index in [0.29, 0.717) is 11.5 Å². The van der Waals surface area contributed by atoms with E-state index in [-0.39, 0.29) is 35.0 Å². The number of nitrogens with one attached hydrogen (secondary N) is 1. The molecular formula is C22H26N8O6S. The summed E-state index contributed by atoms with van der Waals surface area (Å²) < 4.78 is 52.9. The molecule has 15 heteroatoms. The number of anilines is 1. The maximum Gasteiger partial charge on any atom is 0.245 e. The Labute approximate surface area is 213 Å². The van der Waals surface area contributed by atoms with Crippen LogP contribution in [-0.4, -0.2) is 69.7 Å². The van der Waals surface area contributed by atoms with Crippen LogP contribution in [0.5, 0.6) is 11.8 Å². The highest BCUT2D eigenvalue weighted by molar-refractivity contribution is 7.93. The molecule has 4 heterocycles. The van der Waals surface area contributed by atoms with Gasteiger partial charge >= 0.3 is 0 Å². The van der Waals surface area contributed by atoms with Crippen molar-refractivity contribution in [3.63, 3.8) is 0 Å². The largest absolute Gasteiger partial charge is 0.479 e. The van der Waals surface area contributed by atoms with Crippen LogP contribution in [0.1, 0.15) is 30.2 Å². The van der Waals surface area contributed by atoms with Crippen LogP contribution in [0.4, 0.5) is 5.95 Å². The minimum absolute atomic E-state index is 0.0903. The minimum atomic E-state index is -4.15. The topological polar surface area (TPSA) is 169 Å². The number of nitrogens with zero attached hydrogens (tertiary/aromatic N) is 7. The molecule has 0 bridgehead atoms. The third-order valence-electron chi connectivity index (χ3n) is 5.45. The number of furan rings is 1. The van der Waals surface area contributed by atoms with Gasteiger partial charge in [-0.25, -0.2) is 23.0 Å². The molecule has 0 aliphatic heterocycles. The van der Waals surface area contributed by atoms with Gasteiger partial charge in [-0.1, -0.05) is 0 Å². The lowest BCUT2D eigenvalue weighted by Crippen LogP contribution is -2.33. The van der Waals surface area contributed by atoms with E-state index < -0.39 is 21.4 Å². The molecule has 0 aliphatic rings. The summed E-state index contributed by atoms with van der Waals surface area (Å²) in [4.78, 5) is 16.7. The first-order chi connectivity index (χ1) is 17.7. The molecule has 0 amide bonds. The lowest BCUT2D eigenvalue weighted by Gasteiger charge is -2.22. The third kappa shape index (κ3) is 5.08. The summed E-state index contributed by atoms with van der Waals surface area (Å²) >= 11 is 0. The van der Waals surface area contributed by atoms with Crippen LogP contribution in [0.3, 0.4) is 0 Å². The molecule has 0 fully saturated rings. The molecule has 1 N–H and O–H groups in total. The minimum Gasteiger partial charge on any atom is -0.479 e. The highest BCUT2D eigenvalue weighted by atomic mass is 32.2. The zero-order valence-electron chi connectivity index (χ0n) is 21.0. The van der Waals surface area contributed by atoms with E-state index in [1.165, 1.54) is 39.1 Å². The van der Waals surface area contributed by atoms with E-state index in [1.807, 2.05) is 6.92 Å². The molecule has 37 heavy (non-hydrogen) atoms. The average molecular weight is 531 g/mol. The predicted octanol–water partition coefficient (Wildman–Crippen LogP) is 2.26. The van der Waals surface area contributed by atoms with Crippen LogP contribution in [0, 0.1) is 13.8 Å². The first kappa shape index (κ1) is 26.0. The molecule has 0 radical (unpaired) electrons. The van der Waals surface area contributed by atoms with Gasteiger partial charge in [0.05, 0.1) is 14.2 Å². The van der Waals surface area contributed by atoms with Crippen molar-refractivity contribution in [2.24, 2.45) is 0 Å². The van der Waals surface area contributed by atoms with E-state index in [2.05, 4.69) is 34.9 Å². The normalized spacial score (nSPS) is 13.2. The van der Waals surface area contributed by atoms with Crippen LogP contribution in [0.25, 0.3) is 17.3 Å². The molecule has 4 aromatic heterocycles. The van der Waals surface area contributed by atoms with Gasteiger partial charge in [0.15, 0.2) is 17.3 Å². The number of aryl methyl sites for hydroxylation is 2. The van der Waals surface area contributed by atoms with Gasteiger partial charge in [-0.05, 0) is 38.5 Å². The lowest BCUT2D eigenvalue weighted by molar-refractivity contribution is 0.0949. The van der Waals surface area contributed by atoms with E-state index in [4.69, 9.17) is 18.6 Å². The molecular weight excluding hydrogens is 504 g/mol. The van der Waals surface area contributed by atoms with Crippen molar-refractivity contribution in [2.75, 3.05) is 26.1 Å². The fraction of sp³-hybridized carbons (Fsp3) is 0.364. The van der Waals surface area contributed by atoms with Crippen molar-refractivity contribution in [3.8, 4) is 29.0 Å². The van der Waals surface area contributed by atoms with Crippen molar-refractivity contribution >= 4 is 16.0 Å². The summed E-state index contributed by atoms with van der Waals surface area (Å²) in [6, 6.07) is 3.41. The summed E-state index contributed by atoms with van der Waals surface area (Å²) in [6.07, 6.45) is 3.46. The summed E-state index contributed by atoms with van der Waals surface area (Å²) in [6.45, 7) is 5.07. The third-order valence-corrected chi connectivity index (χ3v) is 7.14. The fourth-order valence-electron chi connectivity index (χ4n) is 3.55. The van der Waals surface area contributed by atoms with Crippen LogP contribution < -0.4 is 14.2 Å². The first-order valence-corrected chi connectivity index (χ1v) is 12.5. The maximum absolute atomic E-state index is 13.5. The van der Waals surface area contributed by atoms with Crippen molar-refractivity contribution in [1.82, 2.24) is 34.7 Å². The number of ether oxygens (including phenoxy) is 3. The molecule has 4 aromatic rings. The smallest absolute Gasteiger partial charge is 0.245 e. The maximum atomic E-state index is 13.5. The summed E-state index contributed by atoms with van der Waals surface area (Å²) in [7, 11) is 0.0496. The Balaban J connectivity index is 1.82. The molecule has 4 rings (SSSR count).